The molecule has 0 saturated carbocycles. The Kier molecular flexibility index (Phi) is 5.05. The summed E-state index contributed by atoms with van der Waals surface area (Å²) in [6.07, 6.45) is 2.72. The summed E-state index contributed by atoms with van der Waals surface area (Å²) in [6.45, 7) is 1.99. The molecule has 0 spiro atoms. The second-order valence-electron chi connectivity index (χ2n) is 4.58. The number of carbonyl (C=O) groups excluding carboxylic acids is 1. The summed E-state index contributed by atoms with van der Waals surface area (Å²) in [4.78, 5) is 27.0. The smallest absolute Gasteiger partial charge is 0.335 e. The van der Waals surface area contributed by atoms with Gasteiger partial charge < -0.3 is 10.4 Å². The average molecular weight is 304 g/mol. The van der Waals surface area contributed by atoms with Crippen molar-refractivity contribution in [1.29, 1.82) is 0 Å². The van der Waals surface area contributed by atoms with Crippen LogP contribution in [0.5, 0.6) is 0 Å². The quantitative estimate of drug-likeness (QED) is 0.860. The molecular weight excluding hydrogens is 288 g/mol. The lowest BCUT2D eigenvalue weighted by Crippen LogP contribution is -2.29. The number of amides is 1. The van der Waals surface area contributed by atoms with Gasteiger partial charge in [-0.15, -0.1) is 11.3 Å². The fraction of sp³-hybridized carbons (Fsp3) is 0.267. The SMILES string of the molecule is CCC(NC(=O)Cc1ccc(C(=O)O)cc1)c1nccs1. The number of hydrogen-bond donors (Lipinski definition) is 2. The lowest BCUT2D eigenvalue weighted by atomic mass is 10.1. The Morgan fingerprint density at radius 1 is 1.33 bits per heavy atom. The van der Waals surface area contributed by atoms with Gasteiger partial charge in [-0.3, -0.25) is 4.79 Å². The first kappa shape index (κ1) is 15.2. The van der Waals surface area contributed by atoms with Crippen LogP contribution in [0.25, 0.3) is 0 Å². The molecule has 2 aromatic rings. The molecule has 21 heavy (non-hydrogen) atoms. The van der Waals surface area contributed by atoms with Crippen LogP contribution in [0.3, 0.4) is 0 Å². The Hall–Kier alpha value is -2.21. The number of hydrogen-bond acceptors (Lipinski definition) is 4. The summed E-state index contributed by atoms with van der Waals surface area (Å²) in [5, 5.41) is 14.6. The Morgan fingerprint density at radius 2 is 2.05 bits per heavy atom. The fourth-order valence-corrected chi connectivity index (χ4v) is 2.71. The molecule has 1 atom stereocenters. The van der Waals surface area contributed by atoms with Crippen LogP contribution in [0.1, 0.15) is 40.3 Å². The first-order valence-corrected chi connectivity index (χ1v) is 7.49. The minimum Gasteiger partial charge on any atom is -0.478 e. The van der Waals surface area contributed by atoms with Crippen molar-refractivity contribution in [2.45, 2.75) is 25.8 Å². The van der Waals surface area contributed by atoms with E-state index in [1.54, 1.807) is 18.3 Å². The maximum absolute atomic E-state index is 12.0. The Balaban J connectivity index is 1.96. The Morgan fingerprint density at radius 3 is 2.57 bits per heavy atom. The van der Waals surface area contributed by atoms with E-state index in [4.69, 9.17) is 5.11 Å². The van der Waals surface area contributed by atoms with Gasteiger partial charge in [0.25, 0.3) is 0 Å². The van der Waals surface area contributed by atoms with Crippen molar-refractivity contribution < 1.29 is 14.7 Å². The standard InChI is InChI=1S/C15H16N2O3S/c1-2-12(14-16-7-8-21-14)17-13(18)9-10-3-5-11(6-4-10)15(19)20/h3-8,12H,2,9H2,1H3,(H,17,18)(H,19,20). The van der Waals surface area contributed by atoms with Gasteiger partial charge in [-0.05, 0) is 24.1 Å². The molecule has 0 fully saturated rings. The highest BCUT2D eigenvalue weighted by Crippen LogP contribution is 2.18. The Labute approximate surface area is 126 Å². The Bertz CT molecular complexity index is 608. The molecule has 0 radical (unpaired) electrons. The molecule has 2 rings (SSSR count). The molecule has 0 aliphatic carbocycles. The van der Waals surface area contributed by atoms with Crippen molar-refractivity contribution in [2.75, 3.05) is 0 Å². The summed E-state index contributed by atoms with van der Waals surface area (Å²) in [5.41, 5.74) is 1.000. The van der Waals surface area contributed by atoms with Crippen molar-refractivity contribution >= 4 is 23.2 Å². The molecule has 0 saturated heterocycles. The maximum atomic E-state index is 12.0. The zero-order chi connectivity index (χ0) is 15.2. The van der Waals surface area contributed by atoms with Gasteiger partial charge >= 0.3 is 5.97 Å². The van der Waals surface area contributed by atoms with Crippen LogP contribution in [0.4, 0.5) is 0 Å². The van der Waals surface area contributed by atoms with Gasteiger partial charge in [-0.2, -0.15) is 0 Å². The van der Waals surface area contributed by atoms with Crippen LogP contribution >= 0.6 is 11.3 Å². The summed E-state index contributed by atoms with van der Waals surface area (Å²) in [6, 6.07) is 6.25. The second-order valence-corrected chi connectivity index (χ2v) is 5.50. The number of nitrogens with one attached hydrogen (secondary N) is 1. The van der Waals surface area contributed by atoms with Crippen molar-refractivity contribution in [1.82, 2.24) is 10.3 Å². The zero-order valence-corrected chi connectivity index (χ0v) is 12.4. The number of benzene rings is 1. The van der Waals surface area contributed by atoms with Crippen LogP contribution in [-0.2, 0) is 11.2 Å². The van der Waals surface area contributed by atoms with E-state index in [1.807, 2.05) is 12.3 Å². The molecule has 0 aliphatic rings. The molecule has 0 bridgehead atoms. The van der Waals surface area contributed by atoms with E-state index in [-0.39, 0.29) is 23.9 Å². The molecule has 5 nitrogen and oxygen atoms in total. The summed E-state index contributed by atoms with van der Waals surface area (Å²) < 4.78 is 0. The monoisotopic (exact) mass is 304 g/mol. The summed E-state index contributed by atoms with van der Waals surface area (Å²) >= 11 is 1.52. The van der Waals surface area contributed by atoms with Crippen molar-refractivity contribution in [3.8, 4) is 0 Å². The van der Waals surface area contributed by atoms with Gasteiger partial charge in [0.1, 0.15) is 5.01 Å². The number of nitrogens with zero attached hydrogens (tertiary/aromatic N) is 1. The van der Waals surface area contributed by atoms with Crippen LogP contribution in [0.2, 0.25) is 0 Å². The number of carboxylic acid groups (broad SMARTS) is 1. The topological polar surface area (TPSA) is 79.3 Å². The third-order valence-corrected chi connectivity index (χ3v) is 3.95. The summed E-state index contributed by atoms with van der Waals surface area (Å²) in [7, 11) is 0. The predicted molar refractivity (Wildman–Crippen MR) is 80.4 cm³/mol. The van der Waals surface area contributed by atoms with Gasteiger partial charge in [-0.1, -0.05) is 19.1 Å². The van der Waals surface area contributed by atoms with E-state index in [0.29, 0.717) is 0 Å². The molecule has 1 aromatic carbocycles. The molecule has 0 aliphatic heterocycles. The number of aromatic nitrogens is 1. The van der Waals surface area contributed by atoms with Crippen molar-refractivity contribution in [3.05, 3.63) is 52.0 Å². The normalized spacial score (nSPS) is 11.9. The maximum Gasteiger partial charge on any atom is 0.335 e. The fourth-order valence-electron chi connectivity index (χ4n) is 1.94. The first-order valence-electron chi connectivity index (χ1n) is 6.61. The molecule has 1 unspecified atom stereocenters. The minimum atomic E-state index is -0.971. The molecule has 2 N–H and O–H groups in total. The molecule has 1 heterocycles. The second kappa shape index (κ2) is 6.99. The van der Waals surface area contributed by atoms with E-state index < -0.39 is 5.97 Å². The van der Waals surface area contributed by atoms with E-state index in [9.17, 15) is 9.59 Å². The van der Waals surface area contributed by atoms with Gasteiger partial charge in [0.05, 0.1) is 18.0 Å². The van der Waals surface area contributed by atoms with Crippen LogP contribution in [-0.4, -0.2) is 22.0 Å². The molecule has 1 amide bonds. The van der Waals surface area contributed by atoms with E-state index in [2.05, 4.69) is 10.3 Å². The number of carboxylic acids is 1. The molecule has 1 aromatic heterocycles. The number of aromatic carboxylic acids is 1. The third-order valence-electron chi connectivity index (χ3n) is 3.06. The van der Waals surface area contributed by atoms with Crippen molar-refractivity contribution in [3.63, 3.8) is 0 Å². The van der Waals surface area contributed by atoms with Gasteiger partial charge in [0.2, 0.25) is 5.91 Å². The molecular formula is C15H16N2O3S. The summed E-state index contributed by atoms with van der Waals surface area (Å²) in [5.74, 6) is -1.07. The van der Waals surface area contributed by atoms with E-state index >= 15 is 0 Å². The highest BCUT2D eigenvalue weighted by Gasteiger charge is 2.15. The van der Waals surface area contributed by atoms with Gasteiger partial charge in [-0.25, -0.2) is 9.78 Å². The van der Waals surface area contributed by atoms with Gasteiger partial charge in [0.15, 0.2) is 0 Å². The molecule has 110 valence electrons. The zero-order valence-electron chi connectivity index (χ0n) is 11.6. The number of rotatable bonds is 6. The van der Waals surface area contributed by atoms with Gasteiger partial charge in [0, 0.05) is 11.6 Å². The van der Waals surface area contributed by atoms with Crippen molar-refractivity contribution in [2.24, 2.45) is 0 Å². The molecule has 6 heteroatoms. The first-order chi connectivity index (χ1) is 10.1. The number of thiazole rings is 1. The number of carbonyl (C=O) groups is 2. The van der Waals surface area contributed by atoms with Crippen LogP contribution in [0.15, 0.2) is 35.8 Å². The van der Waals surface area contributed by atoms with E-state index in [0.717, 1.165) is 17.0 Å². The highest BCUT2D eigenvalue weighted by molar-refractivity contribution is 7.09. The largest absolute Gasteiger partial charge is 0.478 e. The lowest BCUT2D eigenvalue weighted by Gasteiger charge is -2.14. The van der Waals surface area contributed by atoms with Crippen LogP contribution in [0, 0.1) is 0 Å². The average Bonchev–Trinajstić information content (AvgIpc) is 2.99. The van der Waals surface area contributed by atoms with E-state index in [1.165, 1.54) is 23.5 Å². The van der Waals surface area contributed by atoms with Crippen LogP contribution < -0.4 is 5.32 Å². The lowest BCUT2D eigenvalue weighted by molar-refractivity contribution is -0.121. The minimum absolute atomic E-state index is 0.0733. The highest BCUT2D eigenvalue weighted by atomic mass is 32.1. The third kappa shape index (κ3) is 4.13. The predicted octanol–water partition coefficient (Wildman–Crippen LogP) is 2.65.